The summed E-state index contributed by atoms with van der Waals surface area (Å²) < 4.78 is 20.1. The van der Waals surface area contributed by atoms with E-state index in [0.717, 1.165) is 17.8 Å². The monoisotopic (exact) mass is 385 g/mol. The van der Waals surface area contributed by atoms with Gasteiger partial charge in [0, 0.05) is 17.5 Å². The molecule has 0 radical (unpaired) electrons. The van der Waals surface area contributed by atoms with Gasteiger partial charge < -0.3 is 14.9 Å². The third-order valence-electron chi connectivity index (χ3n) is 4.73. The topological polar surface area (TPSA) is 97.4 Å². The van der Waals surface area contributed by atoms with Gasteiger partial charge in [-0.2, -0.15) is 0 Å². The molecule has 7 nitrogen and oxygen atoms in total. The molecule has 0 saturated heterocycles. The summed E-state index contributed by atoms with van der Waals surface area (Å²) >= 11 is 0. The van der Waals surface area contributed by atoms with E-state index in [1.807, 2.05) is 6.92 Å². The maximum atomic E-state index is 13.2. The fourth-order valence-corrected chi connectivity index (χ4v) is 3.13. The van der Waals surface area contributed by atoms with Crippen LogP contribution in [-0.4, -0.2) is 26.7 Å². The van der Waals surface area contributed by atoms with Crippen molar-refractivity contribution in [1.29, 1.82) is 0 Å². The number of rotatable bonds is 5. The second-order valence-electron chi connectivity index (χ2n) is 6.81. The van der Waals surface area contributed by atoms with Crippen molar-refractivity contribution >= 4 is 11.9 Å². The Hall–Kier alpha value is -3.42. The first-order valence-corrected chi connectivity index (χ1v) is 8.58. The lowest BCUT2D eigenvalue weighted by Crippen LogP contribution is -2.49. The predicted molar refractivity (Wildman–Crippen MR) is 98.9 cm³/mol. The van der Waals surface area contributed by atoms with Crippen molar-refractivity contribution in [1.82, 2.24) is 15.0 Å². The summed E-state index contributed by atoms with van der Waals surface area (Å²) in [6.07, 6.45) is 0. The van der Waals surface area contributed by atoms with Crippen LogP contribution in [0.2, 0.25) is 0 Å². The second kappa shape index (κ2) is 6.95. The fraction of sp³-hybridized carbons (Fsp3) is 0.250. The minimum absolute atomic E-state index is 0.260. The lowest BCUT2D eigenvalue weighted by atomic mass is 9.91. The second-order valence-corrected chi connectivity index (χ2v) is 6.81. The van der Waals surface area contributed by atoms with Gasteiger partial charge >= 0.3 is 5.97 Å². The number of carbonyl (C=O) groups excluding carboxylic acids is 1. The molecule has 0 spiro atoms. The van der Waals surface area contributed by atoms with Crippen molar-refractivity contribution < 1.29 is 23.6 Å². The molecule has 0 fully saturated rings. The van der Waals surface area contributed by atoms with Crippen molar-refractivity contribution in [2.45, 2.75) is 33.2 Å². The van der Waals surface area contributed by atoms with Gasteiger partial charge in [0.2, 0.25) is 0 Å². The van der Waals surface area contributed by atoms with Gasteiger partial charge in [-0.1, -0.05) is 17.3 Å². The van der Waals surface area contributed by atoms with Gasteiger partial charge in [0.1, 0.15) is 11.6 Å². The molecule has 146 valence electrons. The average molecular weight is 385 g/mol. The Morgan fingerprint density at radius 1 is 1.18 bits per heavy atom. The van der Waals surface area contributed by atoms with E-state index in [9.17, 15) is 19.1 Å². The van der Waals surface area contributed by atoms with Gasteiger partial charge in [-0.25, -0.2) is 9.18 Å². The van der Waals surface area contributed by atoms with Crippen LogP contribution < -0.4 is 5.32 Å². The van der Waals surface area contributed by atoms with Crippen molar-refractivity contribution in [3.8, 4) is 5.82 Å². The highest BCUT2D eigenvalue weighted by Crippen LogP contribution is 2.25. The number of carboxylic acid groups (broad SMARTS) is 1. The molecular weight excluding hydrogens is 365 g/mol. The van der Waals surface area contributed by atoms with Gasteiger partial charge in [-0.15, -0.1) is 0 Å². The Morgan fingerprint density at radius 2 is 1.82 bits per heavy atom. The summed E-state index contributed by atoms with van der Waals surface area (Å²) in [5.74, 6) is -1.15. The third-order valence-corrected chi connectivity index (χ3v) is 4.73. The van der Waals surface area contributed by atoms with E-state index in [-0.39, 0.29) is 5.56 Å². The summed E-state index contributed by atoms with van der Waals surface area (Å²) in [5.41, 5.74) is 0.186. The lowest BCUT2D eigenvalue weighted by molar-refractivity contribution is -0.144. The molecule has 2 heterocycles. The van der Waals surface area contributed by atoms with E-state index < -0.39 is 23.2 Å². The molecule has 0 aliphatic rings. The molecular formula is C20H20FN3O4. The quantitative estimate of drug-likeness (QED) is 0.703. The number of aryl methyl sites for hydroxylation is 2. The molecule has 28 heavy (non-hydrogen) atoms. The number of nitrogens with zero attached hydrogens (tertiary/aromatic N) is 2. The molecule has 0 aliphatic heterocycles. The number of aromatic nitrogens is 2. The molecule has 3 rings (SSSR count). The SMILES string of the molecule is Cc1cc(-n2c(C)cc(C(=O)NC(C)(C(=O)O)c3ccc(F)cc3)c2C)no1. The number of aliphatic carboxylic acids is 1. The number of halogens is 1. The standard InChI is InChI=1S/C20H20FN3O4/c1-11-9-16(13(3)24(11)17-10-12(2)28-23-17)18(25)22-20(4,19(26)27)14-5-7-15(21)8-6-14/h5-10H,1-4H3,(H,22,25)(H,26,27). The van der Waals surface area contributed by atoms with Gasteiger partial charge in [0.05, 0.1) is 5.56 Å². The minimum Gasteiger partial charge on any atom is -0.479 e. The third kappa shape index (κ3) is 3.28. The molecule has 2 aromatic heterocycles. The summed E-state index contributed by atoms with van der Waals surface area (Å²) in [4.78, 5) is 24.8. The summed E-state index contributed by atoms with van der Waals surface area (Å²) in [5, 5.41) is 16.3. The van der Waals surface area contributed by atoms with E-state index in [0.29, 0.717) is 22.8 Å². The smallest absolute Gasteiger partial charge is 0.333 e. The molecule has 8 heteroatoms. The Labute approximate surface area is 160 Å². The number of benzene rings is 1. The van der Waals surface area contributed by atoms with E-state index in [4.69, 9.17) is 4.52 Å². The molecule has 0 bridgehead atoms. The number of carboxylic acids is 1. The number of nitrogens with one attached hydrogen (secondary N) is 1. The number of carbonyl (C=O) groups is 2. The Kier molecular flexibility index (Phi) is 4.80. The highest BCUT2D eigenvalue weighted by atomic mass is 19.1. The molecule has 1 atom stereocenters. The van der Waals surface area contributed by atoms with Gasteiger partial charge in [0.25, 0.3) is 5.91 Å². The zero-order valence-corrected chi connectivity index (χ0v) is 15.9. The molecule has 0 saturated carbocycles. The van der Waals surface area contributed by atoms with E-state index in [2.05, 4.69) is 10.5 Å². The zero-order chi connectivity index (χ0) is 20.6. The van der Waals surface area contributed by atoms with Gasteiger partial charge in [-0.3, -0.25) is 9.36 Å². The van der Waals surface area contributed by atoms with Crippen LogP contribution in [0.4, 0.5) is 4.39 Å². The highest BCUT2D eigenvalue weighted by Gasteiger charge is 2.38. The number of hydrogen-bond acceptors (Lipinski definition) is 4. The fourth-order valence-electron chi connectivity index (χ4n) is 3.13. The molecule has 3 aromatic rings. The van der Waals surface area contributed by atoms with Crippen LogP contribution in [-0.2, 0) is 10.3 Å². The van der Waals surface area contributed by atoms with Gasteiger partial charge in [0.15, 0.2) is 11.4 Å². The number of amides is 1. The van der Waals surface area contributed by atoms with E-state index in [1.165, 1.54) is 19.1 Å². The van der Waals surface area contributed by atoms with Crippen LogP contribution in [0.3, 0.4) is 0 Å². The van der Waals surface area contributed by atoms with Gasteiger partial charge in [-0.05, 0) is 51.5 Å². The Morgan fingerprint density at radius 3 is 2.36 bits per heavy atom. The van der Waals surface area contributed by atoms with Crippen molar-refractivity contribution in [3.05, 3.63) is 70.5 Å². The predicted octanol–water partition coefficient (Wildman–Crippen LogP) is 3.26. The Bertz CT molecular complexity index is 1050. The average Bonchev–Trinajstić information content (AvgIpc) is 3.17. The first-order chi connectivity index (χ1) is 13.1. The maximum absolute atomic E-state index is 13.2. The maximum Gasteiger partial charge on any atom is 0.333 e. The zero-order valence-electron chi connectivity index (χ0n) is 15.9. The molecule has 2 N–H and O–H groups in total. The first kappa shape index (κ1) is 19.3. The summed E-state index contributed by atoms with van der Waals surface area (Å²) in [7, 11) is 0. The van der Waals surface area contributed by atoms with Crippen LogP contribution in [0.15, 0.2) is 40.9 Å². The highest BCUT2D eigenvalue weighted by molar-refractivity contribution is 5.99. The lowest BCUT2D eigenvalue weighted by Gasteiger charge is -2.27. The van der Waals surface area contributed by atoms with Crippen molar-refractivity contribution in [2.24, 2.45) is 0 Å². The largest absolute Gasteiger partial charge is 0.479 e. The van der Waals surface area contributed by atoms with Crippen molar-refractivity contribution in [2.75, 3.05) is 0 Å². The summed E-state index contributed by atoms with van der Waals surface area (Å²) in [6.45, 7) is 6.67. The van der Waals surface area contributed by atoms with Crippen LogP contribution in [0, 0.1) is 26.6 Å². The van der Waals surface area contributed by atoms with E-state index in [1.54, 1.807) is 30.5 Å². The normalized spacial score (nSPS) is 13.2. The van der Waals surface area contributed by atoms with Crippen LogP contribution in [0.1, 0.15) is 40.0 Å². The van der Waals surface area contributed by atoms with Crippen LogP contribution in [0.25, 0.3) is 5.82 Å². The molecule has 1 aromatic carbocycles. The van der Waals surface area contributed by atoms with E-state index >= 15 is 0 Å². The Balaban J connectivity index is 1.97. The molecule has 1 amide bonds. The van der Waals surface area contributed by atoms with Crippen LogP contribution >= 0.6 is 0 Å². The summed E-state index contributed by atoms with van der Waals surface area (Å²) in [6, 6.07) is 8.38. The van der Waals surface area contributed by atoms with Crippen LogP contribution in [0.5, 0.6) is 0 Å². The first-order valence-electron chi connectivity index (χ1n) is 8.58. The molecule has 0 aliphatic carbocycles. The minimum atomic E-state index is -1.72. The molecule has 1 unspecified atom stereocenters. The van der Waals surface area contributed by atoms with Crippen molar-refractivity contribution in [3.63, 3.8) is 0 Å². The number of hydrogen-bond donors (Lipinski definition) is 2.